The normalized spacial score (nSPS) is 37.3. The average Bonchev–Trinajstić information content (AvgIpc) is 2.66. The van der Waals surface area contributed by atoms with Crippen LogP contribution in [0.15, 0.2) is 11.6 Å². The number of hydrogen-bond donors (Lipinski definition) is 3. The van der Waals surface area contributed by atoms with Crippen molar-refractivity contribution in [3.05, 3.63) is 11.6 Å². The lowest BCUT2D eigenvalue weighted by atomic mass is 9.72. The van der Waals surface area contributed by atoms with Crippen LogP contribution in [0.5, 0.6) is 0 Å². The molecule has 5 nitrogen and oxygen atoms in total. The van der Waals surface area contributed by atoms with E-state index in [4.69, 9.17) is 4.74 Å². The van der Waals surface area contributed by atoms with Gasteiger partial charge in [-0.2, -0.15) is 0 Å². The second-order valence-corrected chi connectivity index (χ2v) is 8.43. The quantitative estimate of drug-likeness (QED) is 0.534. The van der Waals surface area contributed by atoms with Gasteiger partial charge in [0.05, 0.1) is 18.8 Å². The predicted molar refractivity (Wildman–Crippen MR) is 105 cm³/mol. The molecule has 0 spiro atoms. The van der Waals surface area contributed by atoms with Gasteiger partial charge in [-0.05, 0) is 24.7 Å². The summed E-state index contributed by atoms with van der Waals surface area (Å²) in [6, 6.07) is 0. The lowest BCUT2D eigenvalue weighted by Gasteiger charge is -2.43. The van der Waals surface area contributed by atoms with Crippen LogP contribution in [0.3, 0.4) is 0 Å². The zero-order valence-electron chi connectivity index (χ0n) is 17.1. The number of unbranched alkanes of at least 4 members (excludes halogenated alkanes) is 3. The Hall–Kier alpha value is -0.750. The first-order valence-electron chi connectivity index (χ1n) is 10.8. The Kier molecular flexibility index (Phi) is 8.93. The van der Waals surface area contributed by atoms with Crippen molar-refractivity contribution < 1.29 is 24.9 Å². The number of hydrogen-bond acceptors (Lipinski definition) is 5. The van der Waals surface area contributed by atoms with Gasteiger partial charge in [-0.25, -0.2) is 0 Å². The third-order valence-corrected chi connectivity index (χ3v) is 6.39. The van der Waals surface area contributed by atoms with Crippen molar-refractivity contribution >= 4 is 5.78 Å². The van der Waals surface area contributed by atoms with Gasteiger partial charge in [-0.15, -0.1) is 0 Å². The van der Waals surface area contributed by atoms with Crippen molar-refractivity contribution in [2.75, 3.05) is 6.61 Å². The fraction of sp³-hybridized carbons (Fsp3) is 0.864. The highest BCUT2D eigenvalue weighted by molar-refractivity contribution is 5.97. The smallest absolute Gasteiger partial charge is 0.161 e. The zero-order chi connectivity index (χ0) is 20.0. The van der Waals surface area contributed by atoms with Gasteiger partial charge in [0.15, 0.2) is 5.78 Å². The molecule has 3 N–H and O–H groups in total. The van der Waals surface area contributed by atoms with Gasteiger partial charge in [-0.3, -0.25) is 4.79 Å². The van der Waals surface area contributed by atoms with E-state index in [0.29, 0.717) is 23.8 Å². The third kappa shape index (κ3) is 5.41. The largest absolute Gasteiger partial charge is 0.394 e. The first-order valence-corrected chi connectivity index (χ1v) is 10.8. The van der Waals surface area contributed by atoms with Gasteiger partial charge >= 0.3 is 0 Å². The van der Waals surface area contributed by atoms with E-state index in [9.17, 15) is 20.1 Å². The fourth-order valence-electron chi connectivity index (χ4n) is 4.56. The molecule has 1 saturated heterocycles. The molecule has 156 valence electrons. The maximum absolute atomic E-state index is 12.9. The highest BCUT2D eigenvalue weighted by Crippen LogP contribution is 2.39. The monoisotopic (exact) mass is 382 g/mol. The molecule has 7 unspecified atom stereocenters. The number of allylic oxidation sites excluding steroid dienone is 1. The average molecular weight is 383 g/mol. The topological polar surface area (TPSA) is 87.0 Å². The summed E-state index contributed by atoms with van der Waals surface area (Å²) < 4.78 is 5.88. The van der Waals surface area contributed by atoms with Crippen molar-refractivity contribution in [1.82, 2.24) is 0 Å². The molecular formula is C22H38O5. The van der Waals surface area contributed by atoms with Crippen LogP contribution in [-0.4, -0.2) is 52.1 Å². The van der Waals surface area contributed by atoms with Gasteiger partial charge in [0.1, 0.15) is 12.2 Å². The minimum atomic E-state index is -1.13. The highest BCUT2D eigenvalue weighted by Gasteiger charge is 2.45. The van der Waals surface area contributed by atoms with E-state index in [1.807, 2.05) is 0 Å². The maximum atomic E-state index is 12.9. The Labute approximate surface area is 163 Å². The molecule has 1 fully saturated rings. The summed E-state index contributed by atoms with van der Waals surface area (Å²) in [5.74, 6) is 0.465. The van der Waals surface area contributed by atoms with Crippen LogP contribution >= 0.6 is 0 Å². The molecule has 2 aliphatic rings. The molecule has 1 heterocycles. The number of aliphatic hydroxyl groups is 3. The molecule has 27 heavy (non-hydrogen) atoms. The van der Waals surface area contributed by atoms with Gasteiger partial charge in [0.2, 0.25) is 0 Å². The van der Waals surface area contributed by atoms with Crippen molar-refractivity contribution in [2.45, 2.75) is 96.6 Å². The molecule has 0 aromatic carbocycles. The standard InChI is InChI=1S/C22H38O5/c1-4-6-8-10-16-12-18(24)17(11-15(16)9-7-5-2)22-14(3)20(25)21(26)19(13-23)27-22/h11,14-16,19-23,25-26H,4-10,12-13H2,1-3H3. The van der Waals surface area contributed by atoms with Gasteiger partial charge in [0, 0.05) is 17.9 Å². The van der Waals surface area contributed by atoms with E-state index in [1.165, 1.54) is 12.8 Å². The first kappa shape index (κ1) is 22.5. The van der Waals surface area contributed by atoms with Crippen molar-refractivity contribution in [2.24, 2.45) is 17.8 Å². The third-order valence-electron chi connectivity index (χ3n) is 6.39. The number of Topliss-reactive ketones (excluding diaryl/α,β-unsaturated/α-hetero) is 1. The fourth-order valence-corrected chi connectivity index (χ4v) is 4.56. The Bertz CT molecular complexity index is 501. The van der Waals surface area contributed by atoms with Gasteiger partial charge in [0.25, 0.3) is 0 Å². The summed E-state index contributed by atoms with van der Waals surface area (Å²) in [6.45, 7) is 5.80. The number of carbonyl (C=O) groups excluding carboxylic acids is 1. The van der Waals surface area contributed by atoms with Crippen LogP contribution in [0, 0.1) is 17.8 Å². The Morgan fingerprint density at radius 1 is 1.07 bits per heavy atom. The van der Waals surface area contributed by atoms with E-state index < -0.39 is 24.4 Å². The van der Waals surface area contributed by atoms with Crippen molar-refractivity contribution in [1.29, 1.82) is 0 Å². The Morgan fingerprint density at radius 2 is 1.78 bits per heavy atom. The first-order chi connectivity index (χ1) is 12.9. The molecule has 7 atom stereocenters. The molecule has 1 aliphatic carbocycles. The van der Waals surface area contributed by atoms with E-state index >= 15 is 0 Å². The number of ketones is 1. The molecule has 0 saturated carbocycles. The summed E-state index contributed by atoms with van der Waals surface area (Å²) in [4.78, 5) is 12.9. The van der Waals surface area contributed by atoms with E-state index in [2.05, 4.69) is 19.9 Å². The van der Waals surface area contributed by atoms with Crippen LogP contribution in [0.25, 0.3) is 0 Å². The van der Waals surface area contributed by atoms with Crippen LogP contribution in [0.1, 0.15) is 72.1 Å². The van der Waals surface area contributed by atoms with Crippen LogP contribution in [0.4, 0.5) is 0 Å². The number of ether oxygens (including phenoxy) is 1. The van der Waals surface area contributed by atoms with Gasteiger partial charge in [-0.1, -0.05) is 59.0 Å². The summed E-state index contributed by atoms with van der Waals surface area (Å²) in [5, 5.41) is 29.9. The van der Waals surface area contributed by atoms with E-state index in [-0.39, 0.29) is 18.3 Å². The van der Waals surface area contributed by atoms with Crippen LogP contribution < -0.4 is 0 Å². The number of rotatable bonds is 9. The molecule has 0 bridgehead atoms. The summed E-state index contributed by atoms with van der Waals surface area (Å²) in [7, 11) is 0. The van der Waals surface area contributed by atoms with Crippen molar-refractivity contribution in [3.63, 3.8) is 0 Å². The van der Waals surface area contributed by atoms with Crippen molar-refractivity contribution in [3.8, 4) is 0 Å². The SMILES string of the molecule is CCCCCC1CC(=O)C(C2OC(CO)C(O)C(O)C2C)=CC1CCCC. The maximum Gasteiger partial charge on any atom is 0.161 e. The number of carbonyl (C=O) groups is 1. The van der Waals surface area contributed by atoms with Gasteiger partial charge < -0.3 is 20.1 Å². The molecule has 0 radical (unpaired) electrons. The lowest BCUT2D eigenvalue weighted by Crippen LogP contribution is -2.56. The predicted octanol–water partition coefficient (Wildman–Crippen LogP) is 3.01. The summed E-state index contributed by atoms with van der Waals surface area (Å²) in [5.41, 5.74) is 0.639. The molecule has 1 aliphatic heterocycles. The summed E-state index contributed by atoms with van der Waals surface area (Å²) in [6.07, 6.45) is 7.04. The second-order valence-electron chi connectivity index (χ2n) is 8.43. The minimum absolute atomic E-state index is 0.0985. The van der Waals surface area contributed by atoms with E-state index in [1.54, 1.807) is 6.92 Å². The van der Waals surface area contributed by atoms with Crippen LogP contribution in [0.2, 0.25) is 0 Å². The zero-order valence-corrected chi connectivity index (χ0v) is 17.1. The summed E-state index contributed by atoms with van der Waals surface area (Å²) >= 11 is 0. The lowest BCUT2D eigenvalue weighted by molar-refractivity contribution is -0.196. The molecule has 0 aromatic heterocycles. The number of aliphatic hydroxyl groups excluding tert-OH is 3. The highest BCUT2D eigenvalue weighted by atomic mass is 16.5. The Morgan fingerprint density at radius 3 is 2.41 bits per heavy atom. The van der Waals surface area contributed by atoms with Crippen LogP contribution in [-0.2, 0) is 9.53 Å². The second kappa shape index (κ2) is 10.7. The molecule has 5 heteroatoms. The van der Waals surface area contributed by atoms with E-state index in [0.717, 1.165) is 32.1 Å². The molecular weight excluding hydrogens is 344 g/mol. The molecule has 0 aromatic rings. The minimum Gasteiger partial charge on any atom is -0.394 e. The Balaban J connectivity index is 2.21. The molecule has 0 amide bonds. The molecule has 2 rings (SSSR count).